The molecule has 7 heterocycles. The normalized spacial score (nSPS) is 24.2. The maximum Gasteiger partial charge on any atom is 0.276 e. The molecule has 6 aliphatic heterocycles. The fourth-order valence-corrected chi connectivity index (χ4v) is 6.16. The maximum atomic E-state index is 15.7. The van der Waals surface area contributed by atoms with Crippen molar-refractivity contribution in [3.8, 4) is 5.88 Å². The van der Waals surface area contributed by atoms with Crippen LogP contribution in [0.4, 0.5) is 20.3 Å². The molecule has 3 aromatic rings. The molecule has 0 atom stereocenters. The lowest BCUT2D eigenvalue weighted by Gasteiger charge is -2.36. The van der Waals surface area contributed by atoms with E-state index in [2.05, 4.69) is 43.5 Å². The van der Waals surface area contributed by atoms with E-state index in [0.29, 0.717) is 50.9 Å². The van der Waals surface area contributed by atoms with Crippen LogP contribution in [0.5, 0.6) is 5.88 Å². The second kappa shape index (κ2) is 12.2. The Labute approximate surface area is 234 Å². The van der Waals surface area contributed by atoms with Crippen LogP contribution in [-0.4, -0.2) is 67.6 Å². The summed E-state index contributed by atoms with van der Waals surface area (Å²) in [5.41, 5.74) is 1.99. The lowest BCUT2D eigenvalue weighted by molar-refractivity contribution is -0.0855. The third kappa shape index (κ3) is 6.00. The summed E-state index contributed by atoms with van der Waals surface area (Å²) in [5, 5.41) is 14.1. The van der Waals surface area contributed by atoms with Gasteiger partial charge in [-0.05, 0) is 75.1 Å². The van der Waals surface area contributed by atoms with Gasteiger partial charge in [-0.3, -0.25) is 0 Å². The molecule has 1 aromatic heterocycles. The number of alkyl halides is 2. The van der Waals surface area contributed by atoms with E-state index >= 15 is 8.78 Å². The van der Waals surface area contributed by atoms with Gasteiger partial charge in [0.15, 0.2) is 5.82 Å². The number of hydrogen-bond donors (Lipinski definition) is 1. The quantitative estimate of drug-likeness (QED) is 0.408. The maximum absolute atomic E-state index is 15.7. The van der Waals surface area contributed by atoms with Gasteiger partial charge in [-0.1, -0.05) is 31.0 Å². The largest absolute Gasteiger partial charge is 0.476 e. The molecule has 0 aliphatic carbocycles. The predicted molar refractivity (Wildman–Crippen MR) is 153 cm³/mol. The minimum Gasteiger partial charge on any atom is -0.476 e. The minimum atomic E-state index is -2.85. The molecule has 0 unspecified atom stereocenters. The highest BCUT2D eigenvalue weighted by molar-refractivity contribution is 5.97. The lowest BCUT2D eigenvalue weighted by Crippen LogP contribution is -2.40. The molecular formula is C31H39F2N5O2. The van der Waals surface area contributed by atoms with Crippen LogP contribution in [0.2, 0.25) is 0 Å². The van der Waals surface area contributed by atoms with Crippen molar-refractivity contribution < 1.29 is 18.3 Å². The van der Waals surface area contributed by atoms with E-state index in [9.17, 15) is 0 Å². The van der Waals surface area contributed by atoms with E-state index in [-0.39, 0.29) is 5.56 Å². The second-order valence-corrected chi connectivity index (χ2v) is 11.2. The first-order valence-corrected chi connectivity index (χ1v) is 14.8. The Balaban J connectivity index is 1.31. The summed E-state index contributed by atoms with van der Waals surface area (Å²) in [6.07, 6.45) is 5.25. The van der Waals surface area contributed by atoms with Crippen molar-refractivity contribution >= 4 is 22.3 Å². The SMILES string of the molecule is FC1(F)c2cccc(c2)CNc2nnc(c3ccc(N4CCOCC4)cc23)OCCCCCCN2CCC1CC2. The first-order valence-electron chi connectivity index (χ1n) is 14.8. The Bertz CT molecular complexity index is 1290. The molecule has 9 rings (SSSR count). The van der Waals surface area contributed by atoms with Crippen LogP contribution in [0.15, 0.2) is 42.5 Å². The van der Waals surface area contributed by atoms with Crippen molar-refractivity contribution in [1.82, 2.24) is 15.1 Å². The Morgan fingerprint density at radius 1 is 0.825 bits per heavy atom. The smallest absolute Gasteiger partial charge is 0.276 e. The molecule has 7 nitrogen and oxygen atoms in total. The monoisotopic (exact) mass is 551 g/mol. The molecule has 0 saturated carbocycles. The van der Waals surface area contributed by atoms with Crippen molar-refractivity contribution in [2.24, 2.45) is 5.92 Å². The zero-order valence-electron chi connectivity index (χ0n) is 23.1. The molecule has 1 N–H and O–H groups in total. The lowest BCUT2D eigenvalue weighted by atomic mass is 9.86. The topological polar surface area (TPSA) is 62.8 Å². The molecule has 6 aliphatic rings. The Kier molecular flexibility index (Phi) is 8.30. The van der Waals surface area contributed by atoms with E-state index in [1.807, 2.05) is 6.07 Å². The molecule has 6 bridgehead atoms. The number of benzene rings is 2. The van der Waals surface area contributed by atoms with Gasteiger partial charge in [-0.2, -0.15) is 0 Å². The number of halogens is 2. The predicted octanol–water partition coefficient (Wildman–Crippen LogP) is 5.84. The summed E-state index contributed by atoms with van der Waals surface area (Å²) in [5.74, 6) is -2.32. The van der Waals surface area contributed by atoms with Gasteiger partial charge in [0.05, 0.1) is 19.8 Å². The number of piperidine rings is 1. The number of hydrogen-bond acceptors (Lipinski definition) is 7. The first-order chi connectivity index (χ1) is 19.6. The standard InChI is InChI=1S/C31H39F2N5O2/c32-31(33)24-10-13-37(14-11-24)12-3-1-2-4-17-40-30-27-9-8-26(38-15-18-39-19-16-38)21-28(27)29(35-36-30)34-22-23-6-5-7-25(31)20-23/h5-9,20-21,24H,1-4,10-19,22H2,(H,34,35). The van der Waals surface area contributed by atoms with Crippen molar-refractivity contribution in [2.75, 3.05) is 62.8 Å². The van der Waals surface area contributed by atoms with E-state index in [1.165, 1.54) is 0 Å². The molecule has 40 heavy (non-hydrogen) atoms. The van der Waals surface area contributed by atoms with Gasteiger partial charge in [-0.15, -0.1) is 10.2 Å². The molecule has 2 fully saturated rings. The highest BCUT2D eigenvalue weighted by Crippen LogP contribution is 2.42. The number of nitrogens with one attached hydrogen (secondary N) is 1. The van der Waals surface area contributed by atoms with Crippen molar-refractivity contribution in [3.63, 3.8) is 0 Å². The van der Waals surface area contributed by atoms with Gasteiger partial charge in [0.25, 0.3) is 5.92 Å². The van der Waals surface area contributed by atoms with Crippen LogP contribution >= 0.6 is 0 Å². The van der Waals surface area contributed by atoms with Gasteiger partial charge < -0.3 is 24.6 Å². The number of anilines is 2. The summed E-state index contributed by atoms with van der Waals surface area (Å²) >= 11 is 0. The summed E-state index contributed by atoms with van der Waals surface area (Å²) in [4.78, 5) is 4.65. The van der Waals surface area contributed by atoms with Crippen LogP contribution in [-0.2, 0) is 17.2 Å². The number of aromatic nitrogens is 2. The van der Waals surface area contributed by atoms with E-state index in [1.54, 1.807) is 18.2 Å². The Morgan fingerprint density at radius 2 is 1.65 bits per heavy atom. The third-order valence-electron chi connectivity index (χ3n) is 8.59. The highest BCUT2D eigenvalue weighted by Gasteiger charge is 2.42. The molecule has 0 amide bonds. The zero-order valence-corrected chi connectivity index (χ0v) is 23.1. The van der Waals surface area contributed by atoms with Gasteiger partial charge in [0, 0.05) is 47.6 Å². The van der Waals surface area contributed by atoms with Crippen LogP contribution in [0, 0.1) is 5.92 Å². The molecule has 2 aromatic carbocycles. The van der Waals surface area contributed by atoms with E-state index in [0.717, 1.165) is 80.4 Å². The molecular weight excluding hydrogens is 512 g/mol. The number of ether oxygens (including phenoxy) is 2. The van der Waals surface area contributed by atoms with Gasteiger partial charge in [-0.25, -0.2) is 8.78 Å². The Hall–Kier alpha value is -3.04. The van der Waals surface area contributed by atoms with Crippen LogP contribution in [0.25, 0.3) is 10.8 Å². The van der Waals surface area contributed by atoms with Crippen LogP contribution in [0.3, 0.4) is 0 Å². The molecule has 2 saturated heterocycles. The summed E-state index contributed by atoms with van der Waals surface area (Å²) < 4.78 is 43.0. The van der Waals surface area contributed by atoms with Crippen molar-refractivity contribution in [2.45, 2.75) is 51.0 Å². The first kappa shape index (κ1) is 27.1. The minimum absolute atomic E-state index is 0.102. The number of morpholine rings is 1. The Morgan fingerprint density at radius 3 is 2.50 bits per heavy atom. The van der Waals surface area contributed by atoms with Crippen molar-refractivity contribution in [3.05, 3.63) is 53.6 Å². The average Bonchev–Trinajstić information content (AvgIpc) is 3.00. The number of rotatable bonds is 1. The fraction of sp³-hybridized carbons (Fsp3) is 0.548. The zero-order chi connectivity index (χ0) is 27.4. The van der Waals surface area contributed by atoms with E-state index < -0.39 is 11.8 Å². The number of nitrogens with zero attached hydrogens (tertiary/aromatic N) is 4. The van der Waals surface area contributed by atoms with Gasteiger partial charge in [0.2, 0.25) is 5.88 Å². The molecule has 214 valence electrons. The molecule has 0 radical (unpaired) electrons. The van der Waals surface area contributed by atoms with Crippen LogP contribution in [0.1, 0.15) is 49.7 Å². The summed E-state index contributed by atoms with van der Waals surface area (Å²) in [6, 6.07) is 13.1. The van der Waals surface area contributed by atoms with Gasteiger partial charge >= 0.3 is 0 Å². The molecule has 0 spiro atoms. The average molecular weight is 552 g/mol. The van der Waals surface area contributed by atoms with Crippen LogP contribution < -0.4 is 15.0 Å². The summed E-state index contributed by atoms with van der Waals surface area (Å²) in [6.45, 7) is 6.49. The fourth-order valence-electron chi connectivity index (χ4n) is 6.16. The summed E-state index contributed by atoms with van der Waals surface area (Å²) in [7, 11) is 0. The molecule has 9 heteroatoms. The van der Waals surface area contributed by atoms with E-state index in [4.69, 9.17) is 9.47 Å². The second-order valence-electron chi connectivity index (χ2n) is 11.2. The third-order valence-corrected chi connectivity index (χ3v) is 8.59. The van der Waals surface area contributed by atoms with Crippen molar-refractivity contribution in [1.29, 1.82) is 0 Å². The highest BCUT2D eigenvalue weighted by atomic mass is 19.3. The van der Waals surface area contributed by atoms with Gasteiger partial charge in [0.1, 0.15) is 0 Å².